The number of rotatable bonds is 7. The summed E-state index contributed by atoms with van der Waals surface area (Å²) < 4.78 is 10.8. The van der Waals surface area contributed by atoms with Crippen molar-refractivity contribution in [1.82, 2.24) is 14.9 Å². The number of ether oxygens (including phenoxy) is 1. The molecule has 0 radical (unpaired) electrons. The molecule has 0 bridgehead atoms. The number of anilines is 1. The Morgan fingerprint density at radius 2 is 1.74 bits per heavy atom. The van der Waals surface area contributed by atoms with Gasteiger partial charge in [0.1, 0.15) is 23.7 Å². The maximum atomic E-state index is 12.6. The molecular weight excluding hydrogens is 448 g/mol. The van der Waals surface area contributed by atoms with Crippen LogP contribution in [-0.4, -0.2) is 56.8 Å². The van der Waals surface area contributed by atoms with E-state index in [4.69, 9.17) is 9.15 Å². The third-order valence-electron chi connectivity index (χ3n) is 5.38. The summed E-state index contributed by atoms with van der Waals surface area (Å²) in [5.74, 6) is 0.124. The zero-order valence-electron chi connectivity index (χ0n) is 18.1. The summed E-state index contributed by atoms with van der Waals surface area (Å²) in [6, 6.07) is 8.54. The zero-order chi connectivity index (χ0) is 24.2. The van der Waals surface area contributed by atoms with Crippen molar-refractivity contribution in [3.8, 4) is 5.88 Å². The fraction of sp³-hybridized carbons (Fsp3) is 0.286. The van der Waals surface area contributed by atoms with Gasteiger partial charge in [0.15, 0.2) is 5.76 Å². The van der Waals surface area contributed by atoms with E-state index in [1.165, 1.54) is 24.5 Å². The number of hydrogen-bond donors (Lipinski definition) is 0. The van der Waals surface area contributed by atoms with E-state index in [9.17, 15) is 25.0 Å². The predicted octanol–water partition coefficient (Wildman–Crippen LogP) is 2.74. The van der Waals surface area contributed by atoms with Crippen LogP contribution in [0.4, 0.5) is 17.4 Å². The lowest BCUT2D eigenvalue weighted by molar-refractivity contribution is -0.402. The lowest BCUT2D eigenvalue weighted by atomic mass is 10.2. The highest BCUT2D eigenvalue weighted by molar-refractivity contribution is 5.92. The van der Waals surface area contributed by atoms with Gasteiger partial charge in [0, 0.05) is 38.3 Å². The Morgan fingerprint density at radius 1 is 1.03 bits per heavy atom. The number of non-ortho nitro benzene ring substituents is 1. The second kappa shape index (κ2) is 9.52. The minimum atomic E-state index is -0.687. The highest BCUT2D eigenvalue weighted by Crippen LogP contribution is 2.26. The van der Waals surface area contributed by atoms with E-state index in [2.05, 4.69) is 9.97 Å². The van der Waals surface area contributed by atoms with Crippen LogP contribution in [0, 0.1) is 27.2 Å². The third-order valence-corrected chi connectivity index (χ3v) is 5.38. The molecule has 0 atom stereocenters. The molecule has 0 saturated carbocycles. The van der Waals surface area contributed by atoms with Gasteiger partial charge in [-0.25, -0.2) is 9.97 Å². The monoisotopic (exact) mass is 468 g/mol. The van der Waals surface area contributed by atoms with Crippen LogP contribution in [0.25, 0.3) is 0 Å². The number of carbonyl (C=O) groups is 1. The summed E-state index contributed by atoms with van der Waals surface area (Å²) >= 11 is 0. The van der Waals surface area contributed by atoms with Gasteiger partial charge in [-0.3, -0.25) is 25.0 Å². The maximum absolute atomic E-state index is 12.6. The van der Waals surface area contributed by atoms with Crippen LogP contribution in [0.5, 0.6) is 5.88 Å². The number of nitro benzene ring substituents is 1. The Balaban J connectivity index is 1.37. The van der Waals surface area contributed by atoms with Gasteiger partial charge in [-0.1, -0.05) is 0 Å². The molecule has 0 aliphatic carbocycles. The summed E-state index contributed by atoms with van der Waals surface area (Å²) in [6.07, 6.45) is 1.40. The SMILES string of the molecule is Cc1c(OCc2ccc([N+](=O)[O-])cc2)ncnc1N1CCN(C(=O)c2ccc([N+](=O)[O-])o2)CC1. The van der Waals surface area contributed by atoms with Crippen LogP contribution < -0.4 is 9.64 Å². The number of nitrogens with zero attached hydrogens (tertiary/aromatic N) is 6. The lowest BCUT2D eigenvalue weighted by Gasteiger charge is -2.35. The molecule has 0 spiro atoms. The molecule has 1 fully saturated rings. The predicted molar refractivity (Wildman–Crippen MR) is 118 cm³/mol. The molecule has 13 heteroatoms. The molecule has 2 aromatic heterocycles. The van der Waals surface area contributed by atoms with Gasteiger partial charge in [-0.15, -0.1) is 0 Å². The molecule has 13 nitrogen and oxygen atoms in total. The van der Waals surface area contributed by atoms with Crippen LogP contribution in [0.15, 0.2) is 47.1 Å². The Bertz CT molecular complexity index is 1220. The van der Waals surface area contributed by atoms with Gasteiger partial charge >= 0.3 is 5.88 Å². The average molecular weight is 468 g/mol. The second-order valence-corrected chi connectivity index (χ2v) is 7.51. The molecule has 34 heavy (non-hydrogen) atoms. The van der Waals surface area contributed by atoms with Gasteiger partial charge in [-0.2, -0.15) is 0 Å². The quantitative estimate of drug-likeness (QED) is 0.373. The van der Waals surface area contributed by atoms with Crippen LogP contribution in [0.1, 0.15) is 21.7 Å². The fourth-order valence-electron chi connectivity index (χ4n) is 3.57. The van der Waals surface area contributed by atoms with Crippen LogP contribution >= 0.6 is 0 Å². The summed E-state index contributed by atoms with van der Waals surface area (Å²) in [5, 5.41) is 21.6. The number of piperazine rings is 1. The molecule has 3 aromatic rings. The standard InChI is InChI=1S/C21H20N6O7/c1-14-19(22-13-23-20(14)33-12-15-2-4-16(5-3-15)26(29)30)24-8-10-25(11-9-24)21(28)17-6-7-18(34-17)27(31)32/h2-7,13H,8-12H2,1H3. The lowest BCUT2D eigenvalue weighted by Crippen LogP contribution is -2.49. The van der Waals surface area contributed by atoms with Crippen LogP contribution in [0.2, 0.25) is 0 Å². The number of furan rings is 1. The van der Waals surface area contributed by atoms with Crippen molar-refractivity contribution in [3.63, 3.8) is 0 Å². The van der Waals surface area contributed by atoms with E-state index >= 15 is 0 Å². The van der Waals surface area contributed by atoms with E-state index in [0.29, 0.717) is 37.9 Å². The van der Waals surface area contributed by atoms with Crippen molar-refractivity contribution >= 4 is 23.3 Å². The third kappa shape index (κ3) is 4.77. The van der Waals surface area contributed by atoms with Gasteiger partial charge in [-0.05, 0) is 30.7 Å². The first-order chi connectivity index (χ1) is 16.3. The smallest absolute Gasteiger partial charge is 0.433 e. The van der Waals surface area contributed by atoms with Gasteiger partial charge in [0.2, 0.25) is 5.88 Å². The van der Waals surface area contributed by atoms with Gasteiger partial charge in [0.25, 0.3) is 11.6 Å². The molecule has 1 amide bonds. The normalized spacial score (nSPS) is 13.6. The van der Waals surface area contributed by atoms with E-state index in [1.807, 2.05) is 11.8 Å². The van der Waals surface area contributed by atoms with Crippen molar-refractivity contribution in [2.75, 3.05) is 31.1 Å². The minimum absolute atomic E-state index is 0.00662. The molecule has 1 aliphatic heterocycles. The highest BCUT2D eigenvalue weighted by atomic mass is 16.6. The Morgan fingerprint density at radius 3 is 2.35 bits per heavy atom. The largest absolute Gasteiger partial charge is 0.472 e. The first kappa shape index (κ1) is 22.6. The first-order valence-electron chi connectivity index (χ1n) is 10.3. The number of nitro groups is 2. The van der Waals surface area contributed by atoms with E-state index in [0.717, 1.165) is 17.2 Å². The summed E-state index contributed by atoms with van der Waals surface area (Å²) in [4.78, 5) is 45.1. The number of hydrogen-bond acceptors (Lipinski definition) is 10. The summed E-state index contributed by atoms with van der Waals surface area (Å²) in [5.41, 5.74) is 1.49. The Kier molecular flexibility index (Phi) is 6.34. The topological polar surface area (TPSA) is 158 Å². The Hall–Kier alpha value is -4.55. The molecule has 0 unspecified atom stereocenters. The summed E-state index contributed by atoms with van der Waals surface area (Å²) in [7, 11) is 0. The summed E-state index contributed by atoms with van der Waals surface area (Å²) in [6.45, 7) is 3.78. The van der Waals surface area contributed by atoms with Crippen molar-refractivity contribution in [2.45, 2.75) is 13.5 Å². The van der Waals surface area contributed by atoms with Crippen molar-refractivity contribution in [1.29, 1.82) is 0 Å². The van der Waals surface area contributed by atoms with Crippen molar-refractivity contribution in [3.05, 3.63) is 79.8 Å². The molecular formula is C21H20N6O7. The average Bonchev–Trinajstić information content (AvgIpc) is 3.34. The van der Waals surface area contributed by atoms with Crippen molar-refractivity contribution < 1.29 is 23.8 Å². The number of aromatic nitrogens is 2. The number of carbonyl (C=O) groups excluding carboxylic acids is 1. The van der Waals surface area contributed by atoms with E-state index < -0.39 is 21.6 Å². The Labute approximate surface area is 192 Å². The molecule has 176 valence electrons. The van der Waals surface area contributed by atoms with E-state index in [-0.39, 0.29) is 18.1 Å². The van der Waals surface area contributed by atoms with Crippen molar-refractivity contribution in [2.24, 2.45) is 0 Å². The number of amides is 1. The molecule has 0 N–H and O–H groups in total. The first-order valence-corrected chi connectivity index (χ1v) is 10.3. The fourth-order valence-corrected chi connectivity index (χ4v) is 3.57. The molecule has 1 aliphatic rings. The maximum Gasteiger partial charge on any atom is 0.433 e. The second-order valence-electron chi connectivity index (χ2n) is 7.51. The van der Waals surface area contributed by atoms with E-state index in [1.54, 1.807) is 17.0 Å². The van der Waals surface area contributed by atoms with Gasteiger partial charge < -0.3 is 19.0 Å². The molecule has 1 saturated heterocycles. The highest BCUT2D eigenvalue weighted by Gasteiger charge is 2.27. The minimum Gasteiger partial charge on any atom is -0.472 e. The molecule has 4 rings (SSSR count). The van der Waals surface area contributed by atoms with Crippen LogP contribution in [0.3, 0.4) is 0 Å². The molecule has 3 heterocycles. The molecule has 1 aromatic carbocycles. The zero-order valence-corrected chi connectivity index (χ0v) is 18.1. The number of benzene rings is 1. The van der Waals surface area contributed by atoms with Crippen LogP contribution in [-0.2, 0) is 6.61 Å². The van der Waals surface area contributed by atoms with Gasteiger partial charge in [0.05, 0.1) is 16.6 Å².